The van der Waals surface area contributed by atoms with Crippen LogP contribution >= 0.6 is 0 Å². The quantitative estimate of drug-likeness (QED) is 0.111. The summed E-state index contributed by atoms with van der Waals surface area (Å²) in [5.41, 5.74) is -3.84. The summed E-state index contributed by atoms with van der Waals surface area (Å²) in [4.78, 5) is 69.1. The van der Waals surface area contributed by atoms with Crippen LogP contribution in [0.15, 0.2) is 41.5 Å². The molecule has 1 aliphatic heterocycles. The smallest absolute Gasteiger partial charge is 0.410 e. The third-order valence-electron chi connectivity index (χ3n) is 12.8. The van der Waals surface area contributed by atoms with Crippen molar-refractivity contribution in [2.45, 2.75) is 96.5 Å². The van der Waals surface area contributed by atoms with E-state index in [0.29, 0.717) is 23.9 Å². The molecule has 1 saturated heterocycles. The molecule has 1 heterocycles. The molecular weight excluding hydrogens is 685 g/mol. The van der Waals surface area contributed by atoms with Crippen molar-refractivity contribution < 1.29 is 53.1 Å². The number of hydrogen-bond donors (Lipinski definition) is 3. The molecule has 11 atom stereocenters. The van der Waals surface area contributed by atoms with E-state index < -0.39 is 88.1 Å². The van der Waals surface area contributed by atoms with Crippen LogP contribution in [0, 0.1) is 28.1 Å². The molecule has 5 rings (SSSR count). The van der Waals surface area contributed by atoms with E-state index in [1.807, 2.05) is 13.8 Å². The molecule has 14 nitrogen and oxygen atoms in total. The van der Waals surface area contributed by atoms with Gasteiger partial charge in [-0.3, -0.25) is 4.79 Å². The van der Waals surface area contributed by atoms with Crippen molar-refractivity contribution in [3.63, 3.8) is 0 Å². The largest absolute Gasteiger partial charge is 0.455 e. The standard InChI is InChI=1S/C38H54BN3O11/c1-20-23(51-32(46)29(53-34(48)42(9)10)27(40-39-19-43)22-14-12-11-13-15-22)17-38(49)21(2)30-36(5)18-50-24(36)16-25(52-33(47)41(7)8)37(30,6)31(45)28(44)26(20)35(38,3)4/h11-15,19,21,23-25,27-30,39-40,44,49H,16-18H2,1-10H3/t21-,23-,24+,25-,27-,28+,29+,30+,36+,37+,38+/m0/s1. The summed E-state index contributed by atoms with van der Waals surface area (Å²) in [5.74, 6) is -2.85. The Labute approximate surface area is 311 Å². The molecule has 15 heteroatoms. The zero-order chi connectivity index (χ0) is 39.4. The van der Waals surface area contributed by atoms with Gasteiger partial charge in [0.25, 0.3) is 7.41 Å². The number of esters is 1. The molecule has 0 unspecified atom stereocenters. The van der Waals surface area contributed by atoms with E-state index in [1.54, 1.807) is 72.1 Å². The lowest BCUT2D eigenvalue weighted by Crippen LogP contribution is -2.75. The Balaban J connectivity index is 1.62. The normalized spacial score (nSPS) is 35.4. The fourth-order valence-corrected chi connectivity index (χ4v) is 9.86. The molecule has 1 aromatic carbocycles. The van der Waals surface area contributed by atoms with Crippen molar-refractivity contribution >= 4 is 37.5 Å². The van der Waals surface area contributed by atoms with E-state index in [2.05, 4.69) is 5.23 Å². The average Bonchev–Trinajstić information content (AvgIpc) is 3.09. The molecule has 53 heavy (non-hydrogen) atoms. The maximum atomic E-state index is 15.0. The highest BCUT2D eigenvalue weighted by Gasteiger charge is 2.73. The summed E-state index contributed by atoms with van der Waals surface area (Å²) in [6.07, 6.45) is -6.56. The van der Waals surface area contributed by atoms with Crippen LogP contribution in [0.4, 0.5) is 9.59 Å². The maximum absolute atomic E-state index is 15.0. The van der Waals surface area contributed by atoms with Crippen molar-refractivity contribution in [1.82, 2.24) is 15.0 Å². The lowest BCUT2D eigenvalue weighted by molar-refractivity contribution is -0.302. The first-order valence-corrected chi connectivity index (χ1v) is 18.1. The van der Waals surface area contributed by atoms with Gasteiger partial charge in [-0.1, -0.05) is 58.0 Å². The van der Waals surface area contributed by atoms with Gasteiger partial charge in [0.1, 0.15) is 18.3 Å². The number of rotatable bonds is 9. The first-order valence-electron chi connectivity index (χ1n) is 18.1. The summed E-state index contributed by atoms with van der Waals surface area (Å²) in [7, 11) is 5.86. The number of nitrogens with zero attached hydrogens (tertiary/aromatic N) is 2. The summed E-state index contributed by atoms with van der Waals surface area (Å²) >= 11 is 0. The summed E-state index contributed by atoms with van der Waals surface area (Å²) in [6, 6.07) is 7.70. The van der Waals surface area contributed by atoms with Crippen molar-refractivity contribution in [3.05, 3.63) is 47.0 Å². The van der Waals surface area contributed by atoms with E-state index in [-0.39, 0.29) is 31.9 Å². The Hall–Kier alpha value is -3.79. The molecule has 2 saturated carbocycles. The van der Waals surface area contributed by atoms with Gasteiger partial charge in [0.15, 0.2) is 5.78 Å². The zero-order valence-corrected chi connectivity index (χ0v) is 32.4. The Bertz CT molecular complexity index is 1650. The first kappa shape index (κ1) is 40.4. The monoisotopic (exact) mass is 739 g/mol. The number of ketones is 1. The number of ether oxygens (including phenoxy) is 4. The van der Waals surface area contributed by atoms with E-state index in [9.17, 15) is 34.2 Å². The molecule has 290 valence electrons. The molecule has 0 spiro atoms. The van der Waals surface area contributed by atoms with Gasteiger partial charge < -0.3 is 49.0 Å². The minimum atomic E-state index is -1.76. The van der Waals surface area contributed by atoms with Crippen LogP contribution in [-0.4, -0.2) is 128 Å². The second-order valence-corrected chi connectivity index (χ2v) is 16.6. The molecule has 4 aliphatic rings. The SMILES string of the molecule is CC1=C2[C@@H](O)C(=O)[C@]3(C)[C@@H](OC(=O)N(C)C)C[C@H]4OC[C@@]4(C)[C@H]3[C@H](C)[C@](O)(C[C@@H]1OC(=O)[C@H](OC(=O)N(C)C)[C@@H](NBC=O)c1ccccc1)C2(C)C. The third-order valence-corrected chi connectivity index (χ3v) is 12.8. The lowest BCUT2D eigenvalue weighted by atomic mass is 9.40. The van der Waals surface area contributed by atoms with Crippen LogP contribution in [-0.2, 0) is 33.3 Å². The fourth-order valence-electron chi connectivity index (χ4n) is 9.86. The van der Waals surface area contributed by atoms with E-state index in [4.69, 9.17) is 18.9 Å². The molecule has 3 aliphatic carbocycles. The number of amides is 2. The molecule has 3 fully saturated rings. The number of aliphatic hydroxyl groups is 2. The number of hydrogen-bond acceptors (Lipinski definition) is 12. The number of carbonyl (C=O) groups is 5. The molecule has 1 aromatic rings. The zero-order valence-electron chi connectivity index (χ0n) is 32.4. The van der Waals surface area contributed by atoms with Gasteiger partial charge in [0.2, 0.25) is 6.10 Å². The van der Waals surface area contributed by atoms with Crippen LogP contribution in [0.25, 0.3) is 0 Å². The van der Waals surface area contributed by atoms with Crippen LogP contribution < -0.4 is 5.23 Å². The predicted molar refractivity (Wildman–Crippen MR) is 194 cm³/mol. The minimum Gasteiger partial charge on any atom is -0.455 e. The van der Waals surface area contributed by atoms with Crippen molar-refractivity contribution in [3.8, 4) is 0 Å². The second-order valence-electron chi connectivity index (χ2n) is 16.6. The maximum Gasteiger partial charge on any atom is 0.410 e. The molecule has 2 amide bonds. The van der Waals surface area contributed by atoms with Crippen molar-refractivity contribution in [2.24, 2.45) is 28.1 Å². The fraction of sp³-hybridized carbons (Fsp3) is 0.658. The van der Waals surface area contributed by atoms with Crippen LogP contribution in [0.3, 0.4) is 0 Å². The van der Waals surface area contributed by atoms with Gasteiger partial charge >= 0.3 is 18.2 Å². The van der Waals surface area contributed by atoms with Crippen molar-refractivity contribution in [2.75, 3.05) is 34.8 Å². The number of aliphatic hydroxyl groups excluding tert-OH is 1. The number of Topliss-reactive ketones (excluding diaryl/α,β-unsaturated/α-hetero) is 1. The third kappa shape index (κ3) is 6.46. The first-order chi connectivity index (χ1) is 24.7. The molecule has 2 bridgehead atoms. The number of nitrogens with one attached hydrogen (secondary N) is 1. The summed E-state index contributed by atoms with van der Waals surface area (Å²) in [5, 5.41) is 28.4. The molecule has 0 aromatic heterocycles. The van der Waals surface area contributed by atoms with Gasteiger partial charge in [-0.05, 0) is 42.4 Å². The highest BCUT2D eigenvalue weighted by atomic mass is 16.6. The van der Waals surface area contributed by atoms with Crippen LogP contribution in [0.2, 0.25) is 0 Å². The van der Waals surface area contributed by atoms with Crippen LogP contribution in [0.1, 0.15) is 66.0 Å². The Morgan fingerprint density at radius 3 is 2.21 bits per heavy atom. The van der Waals surface area contributed by atoms with Crippen LogP contribution in [0.5, 0.6) is 0 Å². The predicted octanol–water partition coefficient (Wildman–Crippen LogP) is 2.39. The van der Waals surface area contributed by atoms with Gasteiger partial charge in [-0.2, -0.15) is 0 Å². The van der Waals surface area contributed by atoms with Gasteiger partial charge in [0, 0.05) is 51.9 Å². The number of fused-ring (bicyclic) bond motifs is 5. The van der Waals surface area contributed by atoms with Gasteiger partial charge in [-0.25, -0.2) is 14.4 Å². The van der Waals surface area contributed by atoms with Gasteiger partial charge in [-0.15, -0.1) is 0 Å². The number of carbonyl (C=O) groups excluding carboxylic acids is 5. The minimum absolute atomic E-state index is 0.119. The topological polar surface area (TPSA) is 181 Å². The van der Waals surface area contributed by atoms with E-state index >= 15 is 0 Å². The van der Waals surface area contributed by atoms with Crippen molar-refractivity contribution in [1.29, 1.82) is 0 Å². The Morgan fingerprint density at radius 1 is 1.04 bits per heavy atom. The van der Waals surface area contributed by atoms with E-state index in [1.165, 1.54) is 19.0 Å². The second kappa shape index (κ2) is 14.5. The van der Waals surface area contributed by atoms with Gasteiger partial charge in [0.05, 0.1) is 36.0 Å². The molecular formula is C38H54BN3O11. The summed E-state index contributed by atoms with van der Waals surface area (Å²) in [6.45, 7) is 11.1. The van der Waals surface area contributed by atoms with E-state index in [0.717, 1.165) is 4.90 Å². The Kier molecular flexibility index (Phi) is 11.0. The Morgan fingerprint density at radius 2 is 1.66 bits per heavy atom. The lowest BCUT2D eigenvalue weighted by Gasteiger charge is -2.68. The highest BCUT2D eigenvalue weighted by molar-refractivity contribution is 6.64. The molecule has 0 radical (unpaired) electrons. The summed E-state index contributed by atoms with van der Waals surface area (Å²) < 4.78 is 23.9. The molecule has 3 N–H and O–H groups in total. The highest BCUT2D eigenvalue weighted by Crippen LogP contribution is 2.67. The average molecular weight is 740 g/mol. The number of benzene rings is 1.